The van der Waals surface area contributed by atoms with Crippen molar-refractivity contribution in [3.05, 3.63) is 57.8 Å². The molecule has 1 aromatic heterocycles. The van der Waals surface area contributed by atoms with Gasteiger partial charge < -0.3 is 4.74 Å². The van der Waals surface area contributed by atoms with Crippen molar-refractivity contribution in [2.45, 2.75) is 19.4 Å². The van der Waals surface area contributed by atoms with Gasteiger partial charge in [0, 0.05) is 16.4 Å². The summed E-state index contributed by atoms with van der Waals surface area (Å²) in [5, 5.41) is 0. The van der Waals surface area contributed by atoms with E-state index < -0.39 is 0 Å². The molecule has 0 aliphatic heterocycles. The first-order valence-corrected chi connectivity index (χ1v) is 7.15. The first-order valence-electron chi connectivity index (χ1n) is 6.35. The molecular formula is C15H18BrN3O. The highest BCUT2D eigenvalue weighted by atomic mass is 79.9. The Balaban J connectivity index is 2.29. The van der Waals surface area contributed by atoms with Gasteiger partial charge in [0.2, 0.25) is 0 Å². The van der Waals surface area contributed by atoms with Crippen LogP contribution in [0.5, 0.6) is 5.75 Å². The maximum Gasteiger partial charge on any atom is 0.119 e. The largest absolute Gasteiger partial charge is 0.497 e. The van der Waals surface area contributed by atoms with E-state index in [1.807, 2.05) is 37.3 Å². The van der Waals surface area contributed by atoms with Crippen LogP contribution in [0.25, 0.3) is 0 Å². The van der Waals surface area contributed by atoms with E-state index in [0.717, 1.165) is 33.5 Å². The van der Waals surface area contributed by atoms with Crippen LogP contribution in [0.15, 0.2) is 41.0 Å². The lowest BCUT2D eigenvalue weighted by Crippen LogP contribution is -2.30. The fourth-order valence-corrected chi connectivity index (χ4v) is 2.59. The third-order valence-corrected chi connectivity index (χ3v) is 4.07. The molecule has 2 aromatic rings. The molecule has 0 amide bonds. The summed E-state index contributed by atoms with van der Waals surface area (Å²) >= 11 is 3.57. The molecule has 0 spiro atoms. The molecule has 0 radical (unpaired) electrons. The minimum atomic E-state index is 0.00658. The Morgan fingerprint density at radius 3 is 2.85 bits per heavy atom. The van der Waals surface area contributed by atoms with E-state index in [9.17, 15) is 0 Å². The summed E-state index contributed by atoms with van der Waals surface area (Å²) in [5.41, 5.74) is 6.09. The maximum atomic E-state index is 5.72. The van der Waals surface area contributed by atoms with Crippen molar-refractivity contribution >= 4 is 15.9 Å². The van der Waals surface area contributed by atoms with Gasteiger partial charge in [-0.1, -0.05) is 22.0 Å². The summed E-state index contributed by atoms with van der Waals surface area (Å²) in [5.74, 6) is 6.55. The Hall–Kier alpha value is -1.43. The van der Waals surface area contributed by atoms with Crippen LogP contribution in [0, 0.1) is 6.92 Å². The Kier molecular flexibility index (Phi) is 5.11. The molecule has 1 heterocycles. The van der Waals surface area contributed by atoms with E-state index in [2.05, 4.69) is 26.3 Å². The van der Waals surface area contributed by atoms with E-state index in [1.165, 1.54) is 0 Å². The van der Waals surface area contributed by atoms with Gasteiger partial charge in [0.15, 0.2) is 0 Å². The normalized spacial score (nSPS) is 12.2. The molecule has 0 fully saturated rings. The number of hydrazine groups is 1. The van der Waals surface area contributed by atoms with Gasteiger partial charge in [0.05, 0.1) is 13.2 Å². The molecule has 0 saturated carbocycles. The molecule has 0 bridgehead atoms. The molecule has 3 N–H and O–H groups in total. The van der Waals surface area contributed by atoms with Gasteiger partial charge in [-0.05, 0) is 48.7 Å². The zero-order valence-electron chi connectivity index (χ0n) is 11.6. The predicted molar refractivity (Wildman–Crippen MR) is 83.4 cm³/mol. The summed E-state index contributed by atoms with van der Waals surface area (Å²) in [6.07, 6.45) is 2.54. The molecule has 0 aliphatic carbocycles. The molecule has 1 aromatic carbocycles. The highest BCUT2D eigenvalue weighted by Crippen LogP contribution is 2.27. The molecule has 2 rings (SSSR count). The van der Waals surface area contributed by atoms with Crippen LogP contribution in [0.1, 0.15) is 22.9 Å². The first kappa shape index (κ1) is 15.0. The SMILES string of the molecule is COc1ccc(Br)c(CC(NN)c2cccnc2C)c1. The molecule has 106 valence electrons. The zero-order chi connectivity index (χ0) is 14.5. The second kappa shape index (κ2) is 6.83. The number of pyridine rings is 1. The molecular weight excluding hydrogens is 318 g/mol. The first-order chi connectivity index (χ1) is 9.65. The van der Waals surface area contributed by atoms with Crippen molar-refractivity contribution < 1.29 is 4.74 Å². The Bertz CT molecular complexity index is 589. The second-order valence-corrected chi connectivity index (χ2v) is 5.41. The van der Waals surface area contributed by atoms with Crippen LogP contribution in [-0.2, 0) is 6.42 Å². The number of rotatable bonds is 5. The average Bonchev–Trinajstić information content (AvgIpc) is 2.47. The second-order valence-electron chi connectivity index (χ2n) is 4.56. The standard InChI is InChI=1S/C15H18BrN3O/c1-10-13(4-3-7-18-10)15(19-17)9-11-8-12(20-2)5-6-14(11)16/h3-8,15,19H,9,17H2,1-2H3. The van der Waals surface area contributed by atoms with Gasteiger partial charge in [0.25, 0.3) is 0 Å². The Labute approximate surface area is 127 Å². The van der Waals surface area contributed by atoms with E-state index in [-0.39, 0.29) is 6.04 Å². The van der Waals surface area contributed by atoms with Crippen molar-refractivity contribution in [3.63, 3.8) is 0 Å². The number of halogens is 1. The lowest BCUT2D eigenvalue weighted by molar-refractivity contribution is 0.413. The Morgan fingerprint density at radius 2 is 2.20 bits per heavy atom. The van der Waals surface area contributed by atoms with Gasteiger partial charge in [0.1, 0.15) is 5.75 Å². The maximum absolute atomic E-state index is 5.72. The summed E-state index contributed by atoms with van der Waals surface area (Å²) < 4.78 is 6.31. The van der Waals surface area contributed by atoms with Crippen LogP contribution in [0.4, 0.5) is 0 Å². The number of hydrogen-bond acceptors (Lipinski definition) is 4. The number of benzene rings is 1. The number of hydrogen-bond donors (Lipinski definition) is 2. The lowest BCUT2D eigenvalue weighted by Gasteiger charge is -2.19. The van der Waals surface area contributed by atoms with Gasteiger partial charge in [-0.25, -0.2) is 0 Å². The van der Waals surface area contributed by atoms with Crippen LogP contribution in [0.3, 0.4) is 0 Å². The highest BCUT2D eigenvalue weighted by Gasteiger charge is 2.15. The number of ether oxygens (including phenoxy) is 1. The number of nitrogens with zero attached hydrogens (tertiary/aromatic N) is 1. The van der Waals surface area contributed by atoms with E-state index in [4.69, 9.17) is 10.6 Å². The van der Waals surface area contributed by atoms with E-state index in [0.29, 0.717) is 0 Å². The molecule has 4 nitrogen and oxygen atoms in total. The third-order valence-electron chi connectivity index (χ3n) is 3.30. The number of nitrogens with one attached hydrogen (secondary N) is 1. The molecule has 0 saturated heterocycles. The van der Waals surface area contributed by atoms with Crippen LogP contribution >= 0.6 is 15.9 Å². The summed E-state index contributed by atoms with van der Waals surface area (Å²) in [6.45, 7) is 1.99. The fourth-order valence-electron chi connectivity index (χ4n) is 2.18. The van der Waals surface area contributed by atoms with E-state index in [1.54, 1.807) is 13.3 Å². The van der Waals surface area contributed by atoms with Gasteiger partial charge in [-0.3, -0.25) is 16.3 Å². The highest BCUT2D eigenvalue weighted by molar-refractivity contribution is 9.10. The topological polar surface area (TPSA) is 60.2 Å². The predicted octanol–water partition coefficient (Wildman–Crippen LogP) is 2.91. The fraction of sp³-hybridized carbons (Fsp3) is 0.267. The number of methoxy groups -OCH3 is 1. The molecule has 1 atom stereocenters. The van der Waals surface area contributed by atoms with E-state index >= 15 is 0 Å². The van der Waals surface area contributed by atoms with Crippen molar-refractivity contribution in [2.75, 3.05) is 7.11 Å². The number of aryl methyl sites for hydroxylation is 1. The van der Waals surface area contributed by atoms with Crippen molar-refractivity contribution in [2.24, 2.45) is 5.84 Å². The summed E-state index contributed by atoms with van der Waals surface area (Å²) in [7, 11) is 1.66. The van der Waals surface area contributed by atoms with Crippen LogP contribution in [-0.4, -0.2) is 12.1 Å². The minimum absolute atomic E-state index is 0.00658. The quantitative estimate of drug-likeness (QED) is 0.651. The zero-order valence-corrected chi connectivity index (χ0v) is 13.1. The van der Waals surface area contributed by atoms with Crippen molar-refractivity contribution in [1.29, 1.82) is 0 Å². The Morgan fingerprint density at radius 1 is 1.40 bits per heavy atom. The molecule has 0 aliphatic rings. The lowest BCUT2D eigenvalue weighted by atomic mass is 9.98. The number of aromatic nitrogens is 1. The average molecular weight is 336 g/mol. The van der Waals surface area contributed by atoms with Gasteiger partial charge in [-0.2, -0.15) is 0 Å². The number of nitrogens with two attached hydrogens (primary N) is 1. The monoisotopic (exact) mass is 335 g/mol. The van der Waals surface area contributed by atoms with Gasteiger partial charge in [-0.15, -0.1) is 0 Å². The smallest absolute Gasteiger partial charge is 0.119 e. The van der Waals surface area contributed by atoms with Crippen LogP contribution < -0.4 is 16.0 Å². The summed E-state index contributed by atoms with van der Waals surface area (Å²) in [4.78, 5) is 4.31. The molecule has 5 heteroatoms. The third kappa shape index (κ3) is 3.36. The molecule has 1 unspecified atom stereocenters. The van der Waals surface area contributed by atoms with Crippen LogP contribution in [0.2, 0.25) is 0 Å². The van der Waals surface area contributed by atoms with Crippen molar-refractivity contribution in [3.8, 4) is 5.75 Å². The summed E-state index contributed by atoms with van der Waals surface area (Å²) in [6, 6.07) is 9.90. The van der Waals surface area contributed by atoms with Gasteiger partial charge >= 0.3 is 0 Å². The van der Waals surface area contributed by atoms with Crippen molar-refractivity contribution in [1.82, 2.24) is 10.4 Å². The molecule has 20 heavy (non-hydrogen) atoms. The minimum Gasteiger partial charge on any atom is -0.497 e.